The molecule has 2 rings (SSSR count). The standard InChI is InChI=1S/C14H20BrFN4/c1-3-19(4-2)6-5-7-20-13-9-11(16)10(15)8-12(13)18-14(20)17/h8-9H,3-7H2,1-2H3,(H2,17,18). The Balaban J connectivity index is 2.17. The molecule has 110 valence electrons. The lowest BCUT2D eigenvalue weighted by Crippen LogP contribution is -2.25. The van der Waals surface area contributed by atoms with Crippen molar-refractivity contribution in [3.8, 4) is 0 Å². The van der Waals surface area contributed by atoms with Crippen LogP contribution in [0.25, 0.3) is 11.0 Å². The molecule has 0 radical (unpaired) electrons. The summed E-state index contributed by atoms with van der Waals surface area (Å²) in [5.41, 5.74) is 7.41. The van der Waals surface area contributed by atoms with Gasteiger partial charge >= 0.3 is 0 Å². The first kappa shape index (κ1) is 15.3. The van der Waals surface area contributed by atoms with Gasteiger partial charge in [-0.2, -0.15) is 0 Å². The number of nitrogens with two attached hydrogens (primary N) is 1. The Morgan fingerprint density at radius 3 is 2.70 bits per heavy atom. The highest BCUT2D eigenvalue weighted by molar-refractivity contribution is 9.10. The van der Waals surface area contributed by atoms with E-state index in [9.17, 15) is 4.39 Å². The first-order valence-electron chi connectivity index (χ1n) is 6.89. The molecule has 2 N–H and O–H groups in total. The molecule has 0 saturated heterocycles. The van der Waals surface area contributed by atoms with E-state index in [0.29, 0.717) is 10.4 Å². The van der Waals surface area contributed by atoms with Crippen LogP contribution in [0.15, 0.2) is 16.6 Å². The molecular formula is C14H20BrFN4. The van der Waals surface area contributed by atoms with Crippen molar-refractivity contribution in [2.75, 3.05) is 25.4 Å². The molecule has 0 bridgehead atoms. The Morgan fingerprint density at radius 1 is 1.35 bits per heavy atom. The molecule has 1 heterocycles. The molecule has 6 heteroatoms. The van der Waals surface area contributed by atoms with Crippen molar-refractivity contribution < 1.29 is 4.39 Å². The van der Waals surface area contributed by atoms with E-state index in [1.807, 2.05) is 4.57 Å². The second-order valence-electron chi connectivity index (χ2n) is 4.76. The van der Waals surface area contributed by atoms with Gasteiger partial charge in [0.25, 0.3) is 0 Å². The maximum Gasteiger partial charge on any atom is 0.201 e. The minimum absolute atomic E-state index is 0.289. The van der Waals surface area contributed by atoms with Crippen molar-refractivity contribution in [2.45, 2.75) is 26.8 Å². The lowest BCUT2D eigenvalue weighted by Gasteiger charge is -2.18. The fourth-order valence-corrected chi connectivity index (χ4v) is 2.70. The summed E-state index contributed by atoms with van der Waals surface area (Å²) in [6.07, 6.45) is 0.967. The number of fused-ring (bicyclic) bond motifs is 1. The van der Waals surface area contributed by atoms with Crippen LogP contribution < -0.4 is 5.73 Å². The zero-order valence-corrected chi connectivity index (χ0v) is 13.5. The molecular weight excluding hydrogens is 323 g/mol. The molecule has 0 spiro atoms. The van der Waals surface area contributed by atoms with Gasteiger partial charge in [0.1, 0.15) is 5.82 Å². The number of aryl methyl sites for hydroxylation is 1. The molecule has 2 aromatic rings. The largest absolute Gasteiger partial charge is 0.369 e. The van der Waals surface area contributed by atoms with Crippen molar-refractivity contribution in [1.82, 2.24) is 14.5 Å². The Morgan fingerprint density at radius 2 is 2.05 bits per heavy atom. The van der Waals surface area contributed by atoms with Gasteiger partial charge in [-0.25, -0.2) is 9.37 Å². The Labute approximate surface area is 126 Å². The molecule has 0 unspecified atom stereocenters. The van der Waals surface area contributed by atoms with E-state index < -0.39 is 0 Å². The van der Waals surface area contributed by atoms with E-state index >= 15 is 0 Å². The quantitative estimate of drug-likeness (QED) is 0.876. The number of hydrogen-bond donors (Lipinski definition) is 1. The molecule has 0 amide bonds. The van der Waals surface area contributed by atoms with Gasteiger partial charge in [0, 0.05) is 12.6 Å². The fourth-order valence-electron chi connectivity index (χ4n) is 2.37. The summed E-state index contributed by atoms with van der Waals surface area (Å²) in [5.74, 6) is 0.152. The van der Waals surface area contributed by atoms with E-state index in [1.54, 1.807) is 6.07 Å². The van der Waals surface area contributed by atoms with Crippen LogP contribution in [0.2, 0.25) is 0 Å². The van der Waals surface area contributed by atoms with E-state index in [0.717, 1.165) is 43.6 Å². The number of benzene rings is 1. The maximum absolute atomic E-state index is 13.7. The number of halogens is 2. The van der Waals surface area contributed by atoms with Gasteiger partial charge in [-0.3, -0.25) is 0 Å². The predicted molar refractivity (Wildman–Crippen MR) is 84.2 cm³/mol. The zero-order chi connectivity index (χ0) is 14.7. The summed E-state index contributed by atoms with van der Waals surface area (Å²) in [5, 5.41) is 0. The zero-order valence-electron chi connectivity index (χ0n) is 11.9. The molecule has 0 saturated carbocycles. The van der Waals surface area contributed by atoms with Crippen LogP contribution in [-0.4, -0.2) is 34.1 Å². The highest BCUT2D eigenvalue weighted by Gasteiger charge is 2.11. The van der Waals surface area contributed by atoms with Crippen molar-refractivity contribution in [3.63, 3.8) is 0 Å². The highest BCUT2D eigenvalue weighted by Crippen LogP contribution is 2.25. The van der Waals surface area contributed by atoms with Crippen LogP contribution in [0.3, 0.4) is 0 Å². The summed E-state index contributed by atoms with van der Waals surface area (Å²) in [4.78, 5) is 6.64. The summed E-state index contributed by atoms with van der Waals surface area (Å²) in [7, 11) is 0. The number of aromatic nitrogens is 2. The van der Waals surface area contributed by atoms with E-state index in [2.05, 4.69) is 39.7 Å². The Kier molecular flexibility index (Phi) is 4.99. The van der Waals surface area contributed by atoms with Crippen LogP contribution in [0.1, 0.15) is 20.3 Å². The summed E-state index contributed by atoms with van der Waals surface area (Å²) < 4.78 is 16.0. The van der Waals surface area contributed by atoms with Gasteiger partial charge < -0.3 is 15.2 Å². The van der Waals surface area contributed by atoms with E-state index in [-0.39, 0.29) is 5.82 Å². The van der Waals surface area contributed by atoms with Gasteiger partial charge in [-0.1, -0.05) is 13.8 Å². The summed E-state index contributed by atoms with van der Waals surface area (Å²) in [6, 6.07) is 3.15. The van der Waals surface area contributed by atoms with Crippen molar-refractivity contribution in [3.05, 3.63) is 22.4 Å². The van der Waals surface area contributed by atoms with Crippen LogP contribution in [-0.2, 0) is 6.54 Å². The number of hydrogen-bond acceptors (Lipinski definition) is 3. The third-order valence-electron chi connectivity index (χ3n) is 3.57. The number of imidazole rings is 1. The molecule has 1 aromatic carbocycles. The highest BCUT2D eigenvalue weighted by atomic mass is 79.9. The number of nitrogens with zero attached hydrogens (tertiary/aromatic N) is 3. The number of rotatable bonds is 6. The van der Waals surface area contributed by atoms with Crippen LogP contribution in [0, 0.1) is 5.82 Å². The Bertz CT molecular complexity index is 592. The summed E-state index contributed by atoms with van der Waals surface area (Å²) in [6.45, 7) is 8.14. The smallest absolute Gasteiger partial charge is 0.201 e. The van der Waals surface area contributed by atoms with Gasteiger partial charge in [0.15, 0.2) is 0 Å². The molecule has 0 atom stereocenters. The molecule has 0 aliphatic carbocycles. The van der Waals surface area contributed by atoms with Gasteiger partial charge in [-0.15, -0.1) is 0 Å². The fraction of sp³-hybridized carbons (Fsp3) is 0.500. The minimum Gasteiger partial charge on any atom is -0.369 e. The van der Waals surface area contributed by atoms with Crippen molar-refractivity contribution >= 4 is 32.9 Å². The average molecular weight is 343 g/mol. The van der Waals surface area contributed by atoms with Crippen LogP contribution in [0.4, 0.5) is 10.3 Å². The molecule has 20 heavy (non-hydrogen) atoms. The molecule has 4 nitrogen and oxygen atoms in total. The normalized spacial score (nSPS) is 11.7. The lowest BCUT2D eigenvalue weighted by molar-refractivity contribution is 0.294. The average Bonchev–Trinajstić information content (AvgIpc) is 2.71. The summed E-state index contributed by atoms with van der Waals surface area (Å²) >= 11 is 3.17. The number of anilines is 1. The number of nitrogen functional groups attached to an aromatic ring is 1. The first-order chi connectivity index (χ1) is 9.56. The third kappa shape index (κ3) is 3.12. The third-order valence-corrected chi connectivity index (χ3v) is 4.18. The van der Waals surface area contributed by atoms with E-state index in [4.69, 9.17) is 5.73 Å². The lowest BCUT2D eigenvalue weighted by atomic mass is 10.3. The molecule has 0 aliphatic heterocycles. The van der Waals surface area contributed by atoms with Crippen molar-refractivity contribution in [2.24, 2.45) is 0 Å². The van der Waals surface area contributed by atoms with Gasteiger partial charge in [0.05, 0.1) is 15.5 Å². The van der Waals surface area contributed by atoms with E-state index in [1.165, 1.54) is 6.07 Å². The van der Waals surface area contributed by atoms with Gasteiger partial charge in [-0.05, 0) is 48.1 Å². The van der Waals surface area contributed by atoms with Crippen molar-refractivity contribution in [1.29, 1.82) is 0 Å². The minimum atomic E-state index is -0.289. The molecule has 0 fully saturated rings. The molecule has 0 aliphatic rings. The second kappa shape index (κ2) is 6.54. The SMILES string of the molecule is CCN(CC)CCCn1c(N)nc2cc(Br)c(F)cc21. The topological polar surface area (TPSA) is 47.1 Å². The maximum atomic E-state index is 13.7. The van der Waals surface area contributed by atoms with Crippen LogP contribution >= 0.6 is 15.9 Å². The first-order valence-corrected chi connectivity index (χ1v) is 7.69. The van der Waals surface area contributed by atoms with Gasteiger partial charge in [0.2, 0.25) is 5.95 Å². The second-order valence-corrected chi connectivity index (χ2v) is 5.61. The van der Waals surface area contributed by atoms with Crippen LogP contribution in [0.5, 0.6) is 0 Å². The predicted octanol–water partition coefficient (Wildman–Crippen LogP) is 3.25. The monoisotopic (exact) mass is 342 g/mol. The Hall–Kier alpha value is -1.14. The molecule has 1 aromatic heterocycles.